The summed E-state index contributed by atoms with van der Waals surface area (Å²) in [6.07, 6.45) is 0.699. The topological polar surface area (TPSA) is 79.5 Å². The number of nitrogens with one attached hydrogen (secondary N) is 3. The highest BCUT2D eigenvalue weighted by molar-refractivity contribution is 5.88. The van der Waals surface area contributed by atoms with Gasteiger partial charge in [-0.2, -0.15) is 0 Å². The highest BCUT2D eigenvalue weighted by atomic mass is 16.5. The Morgan fingerprint density at radius 1 is 0.903 bits per heavy atom. The highest BCUT2D eigenvalue weighted by Crippen LogP contribution is 2.19. The minimum atomic E-state index is -0.250. The van der Waals surface area contributed by atoms with Crippen molar-refractivity contribution in [2.75, 3.05) is 18.5 Å². The minimum Gasteiger partial charge on any atom is -0.492 e. The predicted octanol–water partition coefficient (Wildman–Crippen LogP) is 4.31. The van der Waals surface area contributed by atoms with Crippen molar-refractivity contribution in [3.05, 3.63) is 96.1 Å². The summed E-state index contributed by atoms with van der Waals surface area (Å²) in [6, 6.07) is 26.7. The second kappa shape index (κ2) is 11.4. The van der Waals surface area contributed by atoms with Gasteiger partial charge in [-0.15, -0.1) is 0 Å². The molecule has 0 spiro atoms. The van der Waals surface area contributed by atoms with Gasteiger partial charge in [0.1, 0.15) is 12.4 Å². The smallest absolute Gasteiger partial charge is 0.315 e. The van der Waals surface area contributed by atoms with Crippen molar-refractivity contribution in [3.63, 3.8) is 0 Å². The molecule has 0 saturated carbocycles. The number of urea groups is 1. The van der Waals surface area contributed by atoms with Gasteiger partial charge in [-0.3, -0.25) is 4.79 Å². The van der Waals surface area contributed by atoms with Crippen molar-refractivity contribution in [2.45, 2.75) is 19.4 Å². The SMILES string of the molecule is CC(=O)Nc1cccc(OCCNC(=O)NC(Cc2ccccc2)c2ccccc2)c1. The van der Waals surface area contributed by atoms with E-state index in [4.69, 9.17) is 4.74 Å². The van der Waals surface area contributed by atoms with E-state index < -0.39 is 0 Å². The van der Waals surface area contributed by atoms with Crippen molar-refractivity contribution in [2.24, 2.45) is 0 Å². The molecule has 0 fully saturated rings. The van der Waals surface area contributed by atoms with Gasteiger partial charge < -0.3 is 20.7 Å². The van der Waals surface area contributed by atoms with Crippen LogP contribution in [0, 0.1) is 0 Å². The number of benzene rings is 3. The first-order valence-corrected chi connectivity index (χ1v) is 10.2. The fourth-order valence-electron chi connectivity index (χ4n) is 3.20. The Hall–Kier alpha value is -3.80. The Kier molecular flexibility index (Phi) is 8.05. The summed E-state index contributed by atoms with van der Waals surface area (Å²) in [5.74, 6) is 0.485. The summed E-state index contributed by atoms with van der Waals surface area (Å²) in [5.41, 5.74) is 2.87. The van der Waals surface area contributed by atoms with E-state index in [0.29, 0.717) is 31.0 Å². The van der Waals surface area contributed by atoms with E-state index in [1.165, 1.54) is 6.92 Å². The van der Waals surface area contributed by atoms with Gasteiger partial charge in [-0.1, -0.05) is 66.7 Å². The second-order valence-corrected chi connectivity index (χ2v) is 7.11. The van der Waals surface area contributed by atoms with Crippen LogP contribution in [0.5, 0.6) is 5.75 Å². The van der Waals surface area contributed by atoms with Crippen LogP contribution in [0.15, 0.2) is 84.9 Å². The molecule has 6 nitrogen and oxygen atoms in total. The van der Waals surface area contributed by atoms with E-state index in [1.54, 1.807) is 24.3 Å². The molecule has 0 bridgehead atoms. The standard InChI is InChI=1S/C25H27N3O3/c1-19(29)27-22-13-8-14-23(18-22)31-16-15-26-25(30)28-24(21-11-6-3-7-12-21)17-20-9-4-2-5-10-20/h2-14,18,24H,15-17H2,1H3,(H,27,29)(H2,26,28,30). The van der Waals surface area contributed by atoms with E-state index in [1.807, 2.05) is 48.5 Å². The van der Waals surface area contributed by atoms with Crippen LogP contribution in [0.1, 0.15) is 24.1 Å². The molecule has 3 aromatic carbocycles. The molecule has 0 aliphatic rings. The zero-order valence-corrected chi connectivity index (χ0v) is 17.5. The number of hydrogen-bond donors (Lipinski definition) is 3. The summed E-state index contributed by atoms with van der Waals surface area (Å²) in [5, 5.41) is 8.61. The molecule has 31 heavy (non-hydrogen) atoms. The summed E-state index contributed by atoms with van der Waals surface area (Å²) in [6.45, 7) is 2.12. The molecule has 0 heterocycles. The van der Waals surface area contributed by atoms with Crippen molar-refractivity contribution in [1.82, 2.24) is 10.6 Å². The molecule has 0 aliphatic heterocycles. The van der Waals surface area contributed by atoms with Gasteiger partial charge in [0.25, 0.3) is 0 Å². The first-order valence-electron chi connectivity index (χ1n) is 10.2. The van der Waals surface area contributed by atoms with Crippen LogP contribution in [-0.2, 0) is 11.2 Å². The van der Waals surface area contributed by atoms with E-state index in [2.05, 4.69) is 28.1 Å². The number of ether oxygens (including phenoxy) is 1. The number of anilines is 1. The molecule has 0 aromatic heterocycles. The number of carbonyl (C=O) groups is 2. The van der Waals surface area contributed by atoms with Gasteiger partial charge in [-0.25, -0.2) is 4.79 Å². The molecule has 3 aromatic rings. The Morgan fingerprint density at radius 2 is 1.61 bits per heavy atom. The maximum atomic E-state index is 12.5. The first kappa shape index (κ1) is 21.9. The fraction of sp³-hybridized carbons (Fsp3) is 0.200. The first-order chi connectivity index (χ1) is 15.1. The van der Waals surface area contributed by atoms with Crippen LogP contribution in [0.2, 0.25) is 0 Å². The summed E-state index contributed by atoms with van der Waals surface area (Å²) in [7, 11) is 0. The molecule has 0 aliphatic carbocycles. The van der Waals surface area contributed by atoms with Crippen molar-refractivity contribution < 1.29 is 14.3 Å². The average molecular weight is 418 g/mol. The molecule has 3 amide bonds. The molecule has 0 saturated heterocycles. The molecule has 6 heteroatoms. The molecule has 160 valence electrons. The second-order valence-electron chi connectivity index (χ2n) is 7.11. The number of amides is 3. The van der Waals surface area contributed by atoms with Gasteiger partial charge in [-0.05, 0) is 29.7 Å². The quantitative estimate of drug-likeness (QED) is 0.454. The zero-order valence-electron chi connectivity index (χ0n) is 17.5. The number of rotatable bonds is 9. The Balaban J connectivity index is 1.50. The number of carbonyl (C=O) groups excluding carboxylic acids is 2. The van der Waals surface area contributed by atoms with Crippen LogP contribution >= 0.6 is 0 Å². The lowest BCUT2D eigenvalue weighted by molar-refractivity contribution is -0.114. The third-order valence-corrected chi connectivity index (χ3v) is 4.60. The van der Waals surface area contributed by atoms with E-state index in [0.717, 1.165) is 11.1 Å². The van der Waals surface area contributed by atoms with Crippen molar-refractivity contribution in [1.29, 1.82) is 0 Å². The summed E-state index contributed by atoms with van der Waals surface area (Å²) < 4.78 is 5.67. The summed E-state index contributed by atoms with van der Waals surface area (Å²) in [4.78, 5) is 23.6. The van der Waals surface area contributed by atoms with E-state index in [-0.39, 0.29) is 18.0 Å². The van der Waals surface area contributed by atoms with Crippen LogP contribution < -0.4 is 20.7 Å². The molecule has 3 N–H and O–H groups in total. The lowest BCUT2D eigenvalue weighted by Crippen LogP contribution is -2.40. The number of hydrogen-bond acceptors (Lipinski definition) is 3. The fourth-order valence-corrected chi connectivity index (χ4v) is 3.20. The molecule has 1 unspecified atom stereocenters. The van der Waals surface area contributed by atoms with Gasteiger partial charge in [0, 0.05) is 18.7 Å². The normalized spacial score (nSPS) is 11.3. The molecule has 3 rings (SSSR count). The predicted molar refractivity (Wildman–Crippen MR) is 122 cm³/mol. The molecule has 0 radical (unpaired) electrons. The van der Waals surface area contributed by atoms with Crippen LogP contribution in [0.4, 0.5) is 10.5 Å². The van der Waals surface area contributed by atoms with Gasteiger partial charge in [0.05, 0.1) is 12.6 Å². The third kappa shape index (κ3) is 7.51. The molecular formula is C25H27N3O3. The van der Waals surface area contributed by atoms with Crippen LogP contribution in [0.25, 0.3) is 0 Å². The lowest BCUT2D eigenvalue weighted by atomic mass is 9.99. The monoisotopic (exact) mass is 417 g/mol. The molecular weight excluding hydrogens is 390 g/mol. The third-order valence-electron chi connectivity index (χ3n) is 4.60. The van der Waals surface area contributed by atoms with Gasteiger partial charge in [0.15, 0.2) is 0 Å². The highest BCUT2D eigenvalue weighted by Gasteiger charge is 2.15. The van der Waals surface area contributed by atoms with Crippen molar-refractivity contribution in [3.8, 4) is 5.75 Å². The maximum Gasteiger partial charge on any atom is 0.315 e. The minimum absolute atomic E-state index is 0.140. The van der Waals surface area contributed by atoms with Crippen molar-refractivity contribution >= 4 is 17.6 Å². The Labute approximate surface area is 182 Å². The van der Waals surface area contributed by atoms with Gasteiger partial charge in [0.2, 0.25) is 5.91 Å². The average Bonchev–Trinajstić information content (AvgIpc) is 2.77. The maximum absolute atomic E-state index is 12.5. The van der Waals surface area contributed by atoms with Gasteiger partial charge >= 0.3 is 6.03 Å². The van der Waals surface area contributed by atoms with E-state index >= 15 is 0 Å². The Morgan fingerprint density at radius 3 is 2.32 bits per heavy atom. The summed E-state index contributed by atoms with van der Waals surface area (Å²) >= 11 is 0. The zero-order chi connectivity index (χ0) is 21.9. The molecule has 1 atom stereocenters. The Bertz CT molecular complexity index is 978. The van der Waals surface area contributed by atoms with Crippen LogP contribution in [0.3, 0.4) is 0 Å². The lowest BCUT2D eigenvalue weighted by Gasteiger charge is -2.20. The largest absolute Gasteiger partial charge is 0.492 e. The van der Waals surface area contributed by atoms with Crippen LogP contribution in [-0.4, -0.2) is 25.1 Å². The van der Waals surface area contributed by atoms with E-state index in [9.17, 15) is 9.59 Å².